The van der Waals surface area contributed by atoms with Crippen molar-refractivity contribution in [1.82, 2.24) is 0 Å². The Balaban J connectivity index is 0.00000169. The fraction of sp³-hybridized carbons (Fsp3) is 0.600. The first-order valence-electron chi connectivity index (χ1n) is 9.24. The Morgan fingerprint density at radius 2 is 1.00 bits per heavy atom. The molecule has 0 N–H and O–H groups in total. The van der Waals surface area contributed by atoms with E-state index < -0.39 is 0 Å². The van der Waals surface area contributed by atoms with Crippen molar-refractivity contribution in [2.24, 2.45) is 0 Å². The van der Waals surface area contributed by atoms with Crippen LogP contribution in [-0.2, 0) is 9.47 Å². The third-order valence-electron chi connectivity index (χ3n) is 5.01. The van der Waals surface area contributed by atoms with E-state index in [-0.39, 0.29) is 55.1 Å². The molecule has 2 aliphatic carbocycles. The van der Waals surface area contributed by atoms with Gasteiger partial charge < -0.3 is 10.9 Å². The van der Waals surface area contributed by atoms with Crippen LogP contribution in [0.3, 0.4) is 0 Å². The number of ether oxygens (including phenoxy) is 2. The third kappa shape index (κ3) is 6.12. The van der Waals surface area contributed by atoms with Crippen molar-refractivity contribution in [3.63, 3.8) is 0 Å². The van der Waals surface area contributed by atoms with Crippen molar-refractivity contribution in [3.05, 3.63) is 35.4 Å². The van der Waals surface area contributed by atoms with Crippen LogP contribution in [0, 0.1) is 0 Å². The van der Waals surface area contributed by atoms with E-state index in [1.807, 2.05) is 0 Å². The number of hydrogen-bond acceptors (Lipinski definition) is 4. The van der Waals surface area contributed by atoms with Gasteiger partial charge in [0.2, 0.25) is 0 Å². The zero-order chi connectivity index (χ0) is 16.8. The van der Waals surface area contributed by atoms with Gasteiger partial charge in [-0.25, -0.2) is 9.59 Å². The molecule has 132 valence electrons. The SMILES string of the molecule is O=C(OC1CCCCC1)c1ccc(C(=O)OC2CCCCC2)cc1.[H-].[Na+]. The van der Waals surface area contributed by atoms with Crippen LogP contribution in [-0.4, -0.2) is 24.1 Å². The number of hydrogen-bond donors (Lipinski definition) is 0. The predicted octanol–water partition coefficient (Wildman–Crippen LogP) is 1.78. The maximum atomic E-state index is 12.2. The molecule has 0 heterocycles. The average Bonchev–Trinajstić information content (AvgIpc) is 2.63. The Morgan fingerprint density at radius 3 is 1.32 bits per heavy atom. The van der Waals surface area contributed by atoms with E-state index in [0.717, 1.165) is 51.4 Å². The Kier molecular flexibility index (Phi) is 8.47. The van der Waals surface area contributed by atoms with E-state index in [4.69, 9.17) is 9.47 Å². The fourth-order valence-corrected chi connectivity index (χ4v) is 3.55. The molecule has 0 aliphatic heterocycles. The summed E-state index contributed by atoms with van der Waals surface area (Å²) in [4.78, 5) is 24.3. The fourth-order valence-electron chi connectivity index (χ4n) is 3.55. The second kappa shape index (κ2) is 10.3. The second-order valence-electron chi connectivity index (χ2n) is 6.91. The Bertz CT molecular complexity index is 513. The third-order valence-corrected chi connectivity index (χ3v) is 5.01. The van der Waals surface area contributed by atoms with Gasteiger partial charge >= 0.3 is 41.5 Å². The normalized spacial score (nSPS) is 18.9. The smallest absolute Gasteiger partial charge is 1.00 e. The van der Waals surface area contributed by atoms with Crippen molar-refractivity contribution in [1.29, 1.82) is 0 Å². The van der Waals surface area contributed by atoms with E-state index in [0.29, 0.717) is 11.1 Å². The van der Waals surface area contributed by atoms with E-state index in [9.17, 15) is 9.59 Å². The van der Waals surface area contributed by atoms with Gasteiger partial charge in [-0.05, 0) is 75.6 Å². The quantitative estimate of drug-likeness (QED) is 0.611. The van der Waals surface area contributed by atoms with Crippen LogP contribution in [0.15, 0.2) is 24.3 Å². The molecule has 2 fully saturated rings. The number of rotatable bonds is 4. The molecule has 0 spiro atoms. The zero-order valence-corrected chi connectivity index (χ0v) is 17.2. The molecule has 1 aromatic carbocycles. The summed E-state index contributed by atoms with van der Waals surface area (Å²) in [6.45, 7) is 0. The topological polar surface area (TPSA) is 52.6 Å². The summed E-state index contributed by atoms with van der Waals surface area (Å²) in [7, 11) is 0. The largest absolute Gasteiger partial charge is 1.00 e. The van der Waals surface area contributed by atoms with Crippen LogP contribution in [0.25, 0.3) is 0 Å². The van der Waals surface area contributed by atoms with Gasteiger partial charge in [0.15, 0.2) is 0 Å². The minimum absolute atomic E-state index is 0. The molecule has 0 saturated heterocycles. The van der Waals surface area contributed by atoms with Crippen molar-refractivity contribution in [2.45, 2.75) is 76.4 Å². The molecule has 1 aromatic rings. The summed E-state index contributed by atoms with van der Waals surface area (Å²) < 4.78 is 11.1. The van der Waals surface area contributed by atoms with Crippen molar-refractivity contribution in [3.8, 4) is 0 Å². The molecular weight excluding hydrogens is 327 g/mol. The van der Waals surface area contributed by atoms with E-state index in [1.165, 1.54) is 12.8 Å². The molecule has 0 atom stereocenters. The van der Waals surface area contributed by atoms with Gasteiger partial charge in [0, 0.05) is 0 Å². The monoisotopic (exact) mass is 354 g/mol. The average molecular weight is 354 g/mol. The summed E-state index contributed by atoms with van der Waals surface area (Å²) in [6, 6.07) is 6.62. The number of esters is 2. The summed E-state index contributed by atoms with van der Waals surface area (Å²) in [5.74, 6) is -0.594. The number of carbonyl (C=O) groups is 2. The number of benzene rings is 1. The molecule has 3 rings (SSSR count). The van der Waals surface area contributed by atoms with Crippen LogP contribution < -0.4 is 29.6 Å². The van der Waals surface area contributed by atoms with Gasteiger partial charge in [0.05, 0.1) is 11.1 Å². The minimum Gasteiger partial charge on any atom is -1.00 e. The number of carbonyl (C=O) groups excluding carboxylic acids is 2. The van der Waals surface area contributed by atoms with Crippen molar-refractivity contribution >= 4 is 11.9 Å². The minimum atomic E-state index is -0.297. The molecule has 0 amide bonds. The molecule has 0 aromatic heterocycles. The van der Waals surface area contributed by atoms with Gasteiger partial charge in [-0.15, -0.1) is 0 Å². The van der Waals surface area contributed by atoms with Gasteiger partial charge in [-0.3, -0.25) is 0 Å². The van der Waals surface area contributed by atoms with Crippen LogP contribution >= 0.6 is 0 Å². The van der Waals surface area contributed by atoms with Crippen LogP contribution in [0.5, 0.6) is 0 Å². The van der Waals surface area contributed by atoms with Gasteiger partial charge in [0.25, 0.3) is 0 Å². The Labute approximate surface area is 173 Å². The Morgan fingerprint density at radius 1 is 0.680 bits per heavy atom. The Hall–Kier alpha value is -0.840. The molecule has 2 saturated carbocycles. The first-order chi connectivity index (χ1) is 11.7. The van der Waals surface area contributed by atoms with Crippen molar-refractivity contribution in [2.75, 3.05) is 0 Å². The molecule has 25 heavy (non-hydrogen) atoms. The van der Waals surface area contributed by atoms with Gasteiger partial charge in [-0.2, -0.15) is 0 Å². The summed E-state index contributed by atoms with van der Waals surface area (Å²) in [5.41, 5.74) is 0.990. The van der Waals surface area contributed by atoms with E-state index in [1.54, 1.807) is 24.3 Å². The van der Waals surface area contributed by atoms with Crippen LogP contribution in [0.1, 0.15) is 86.4 Å². The molecule has 5 heteroatoms. The molecule has 0 bridgehead atoms. The van der Waals surface area contributed by atoms with Crippen LogP contribution in [0.4, 0.5) is 0 Å². The molecule has 2 aliphatic rings. The molecule has 0 radical (unpaired) electrons. The standard InChI is InChI=1S/C20H26O4.Na.H/c21-19(23-17-7-3-1-4-8-17)15-11-13-16(14-12-15)20(22)24-18-9-5-2-6-10-18;;/h11-14,17-18H,1-10H2;;/q;+1;-1. The van der Waals surface area contributed by atoms with Gasteiger partial charge in [0.1, 0.15) is 12.2 Å². The van der Waals surface area contributed by atoms with E-state index >= 15 is 0 Å². The molecule has 0 unspecified atom stereocenters. The van der Waals surface area contributed by atoms with Crippen molar-refractivity contribution < 1.29 is 50.0 Å². The summed E-state index contributed by atoms with van der Waals surface area (Å²) in [6.07, 6.45) is 10.9. The maximum Gasteiger partial charge on any atom is 1.00 e. The maximum absolute atomic E-state index is 12.2. The summed E-state index contributed by atoms with van der Waals surface area (Å²) in [5, 5.41) is 0. The predicted molar refractivity (Wildman–Crippen MR) is 92.1 cm³/mol. The first-order valence-corrected chi connectivity index (χ1v) is 9.24. The van der Waals surface area contributed by atoms with E-state index in [2.05, 4.69) is 0 Å². The summed E-state index contributed by atoms with van der Waals surface area (Å²) >= 11 is 0. The van der Waals surface area contributed by atoms with Crippen LogP contribution in [0.2, 0.25) is 0 Å². The second-order valence-corrected chi connectivity index (χ2v) is 6.91. The molecule has 4 nitrogen and oxygen atoms in total. The zero-order valence-electron chi connectivity index (χ0n) is 16.2. The molecular formula is C20H27NaO4. The van der Waals surface area contributed by atoms with Gasteiger partial charge in [-0.1, -0.05) is 12.8 Å². The first kappa shape index (κ1) is 20.5.